The van der Waals surface area contributed by atoms with Gasteiger partial charge in [0.1, 0.15) is 6.54 Å². The molecule has 0 bridgehead atoms. The lowest BCUT2D eigenvalue weighted by Gasteiger charge is -2.02. The maximum absolute atomic E-state index is 12.3. The molecule has 0 atom stereocenters. The molecule has 0 fully saturated rings. The summed E-state index contributed by atoms with van der Waals surface area (Å²) in [6.45, 7) is 2.89. The zero-order chi connectivity index (χ0) is 19.3. The molecule has 142 valence electrons. The Morgan fingerprint density at radius 2 is 2.00 bits per heavy atom. The molecule has 3 heterocycles. The molecule has 1 aromatic carbocycles. The van der Waals surface area contributed by atoms with Crippen molar-refractivity contribution in [2.45, 2.75) is 26.4 Å². The largest absolute Gasteiger partial charge is 0.344 e. The molecule has 1 amide bonds. The number of nitrogens with zero attached hydrogens (tertiary/aromatic N) is 6. The van der Waals surface area contributed by atoms with Crippen LogP contribution >= 0.6 is 0 Å². The molecule has 0 saturated carbocycles. The Bertz CT molecular complexity index is 1060. The fraction of sp³-hybridized carbons (Fsp3) is 0.211. The van der Waals surface area contributed by atoms with E-state index in [1.54, 1.807) is 34.3 Å². The highest BCUT2D eigenvalue weighted by atomic mass is 16.2. The number of hydrogen-bond donors (Lipinski definition) is 2. The van der Waals surface area contributed by atoms with Crippen molar-refractivity contribution in [3.05, 3.63) is 55.2 Å². The van der Waals surface area contributed by atoms with E-state index in [0.29, 0.717) is 5.82 Å². The molecule has 0 aliphatic carbocycles. The third kappa shape index (κ3) is 3.83. The minimum absolute atomic E-state index is 0.0751. The highest BCUT2D eigenvalue weighted by molar-refractivity contribution is 5.89. The zero-order valence-electron chi connectivity index (χ0n) is 15.4. The molecule has 9 heteroatoms. The van der Waals surface area contributed by atoms with E-state index < -0.39 is 0 Å². The third-order valence-corrected chi connectivity index (χ3v) is 4.17. The first-order chi connectivity index (χ1) is 13.7. The van der Waals surface area contributed by atoms with Gasteiger partial charge < -0.3 is 10.3 Å². The van der Waals surface area contributed by atoms with Gasteiger partial charge in [0.25, 0.3) is 0 Å². The van der Waals surface area contributed by atoms with Crippen LogP contribution < -0.4 is 5.32 Å². The molecule has 4 rings (SSSR count). The van der Waals surface area contributed by atoms with Crippen LogP contribution in [0, 0.1) is 0 Å². The SMILES string of the molecule is CCCn1cc(NC(=O)Cn2cc(-c3nc[nH]c3-c3ccccc3)cn2)nn1. The number of benzene rings is 1. The predicted molar refractivity (Wildman–Crippen MR) is 104 cm³/mol. The first-order valence-electron chi connectivity index (χ1n) is 9.04. The van der Waals surface area contributed by atoms with Crippen LogP contribution in [0.25, 0.3) is 22.5 Å². The Balaban J connectivity index is 1.45. The van der Waals surface area contributed by atoms with E-state index >= 15 is 0 Å². The van der Waals surface area contributed by atoms with Gasteiger partial charge >= 0.3 is 0 Å². The van der Waals surface area contributed by atoms with Crippen molar-refractivity contribution in [2.24, 2.45) is 0 Å². The number of nitrogens with one attached hydrogen (secondary N) is 2. The van der Waals surface area contributed by atoms with Crippen molar-refractivity contribution in [1.29, 1.82) is 0 Å². The quantitative estimate of drug-likeness (QED) is 0.516. The average Bonchev–Trinajstić information content (AvgIpc) is 3.43. The number of hydrogen-bond acceptors (Lipinski definition) is 5. The highest BCUT2D eigenvalue weighted by Gasteiger charge is 2.13. The average molecular weight is 376 g/mol. The number of aryl methyl sites for hydroxylation is 1. The lowest BCUT2D eigenvalue weighted by atomic mass is 10.1. The second-order valence-corrected chi connectivity index (χ2v) is 6.33. The molecule has 4 aromatic rings. The number of H-pyrrole nitrogens is 1. The molecule has 0 aliphatic rings. The van der Waals surface area contributed by atoms with Gasteiger partial charge in [0.15, 0.2) is 5.82 Å². The van der Waals surface area contributed by atoms with Crippen LogP contribution in [0.15, 0.2) is 55.2 Å². The summed E-state index contributed by atoms with van der Waals surface area (Å²) in [6, 6.07) is 9.95. The van der Waals surface area contributed by atoms with Gasteiger partial charge in [-0.05, 0) is 6.42 Å². The third-order valence-electron chi connectivity index (χ3n) is 4.17. The van der Waals surface area contributed by atoms with Gasteiger partial charge in [-0.2, -0.15) is 5.10 Å². The first-order valence-corrected chi connectivity index (χ1v) is 9.04. The van der Waals surface area contributed by atoms with Gasteiger partial charge in [-0.1, -0.05) is 42.5 Å². The molecule has 3 aromatic heterocycles. The standard InChI is InChI=1S/C19H20N8O/c1-2-8-26-11-16(24-25-26)23-17(28)12-27-10-15(9-22-27)19-18(20-13-21-19)14-6-4-3-5-7-14/h3-7,9-11,13H,2,8,12H2,1H3,(H,20,21)(H,23,28). The summed E-state index contributed by atoms with van der Waals surface area (Å²) < 4.78 is 3.27. The van der Waals surface area contributed by atoms with Crippen molar-refractivity contribution in [1.82, 2.24) is 34.7 Å². The number of carbonyl (C=O) groups excluding carboxylic acids is 1. The predicted octanol–water partition coefficient (Wildman–Crippen LogP) is 2.58. The Labute approximate surface area is 161 Å². The normalized spacial score (nSPS) is 10.9. The molecule has 9 nitrogen and oxygen atoms in total. The van der Waals surface area contributed by atoms with E-state index in [2.05, 4.69) is 37.6 Å². The van der Waals surface area contributed by atoms with Gasteiger partial charge in [0.2, 0.25) is 5.91 Å². The van der Waals surface area contributed by atoms with Crippen LogP contribution in [0.1, 0.15) is 13.3 Å². The van der Waals surface area contributed by atoms with Crippen molar-refractivity contribution in [3.63, 3.8) is 0 Å². The Hall–Kier alpha value is -3.75. The lowest BCUT2D eigenvalue weighted by molar-refractivity contribution is -0.116. The van der Waals surface area contributed by atoms with E-state index in [1.807, 2.05) is 30.3 Å². The van der Waals surface area contributed by atoms with Gasteiger partial charge in [0, 0.05) is 23.9 Å². The molecule has 0 aliphatic heterocycles. The zero-order valence-corrected chi connectivity index (χ0v) is 15.4. The molecule has 2 N–H and O–H groups in total. The Kier molecular flexibility index (Phi) is 4.96. The number of aromatic amines is 1. The van der Waals surface area contributed by atoms with Crippen molar-refractivity contribution < 1.29 is 4.79 Å². The minimum atomic E-state index is -0.219. The van der Waals surface area contributed by atoms with E-state index in [9.17, 15) is 4.79 Å². The number of aromatic nitrogens is 7. The van der Waals surface area contributed by atoms with Crippen LogP contribution in [0.4, 0.5) is 5.82 Å². The minimum Gasteiger partial charge on any atom is -0.344 e. The topological polar surface area (TPSA) is 106 Å². The van der Waals surface area contributed by atoms with Crippen LogP contribution in [0.5, 0.6) is 0 Å². The lowest BCUT2D eigenvalue weighted by Crippen LogP contribution is -2.19. The molecule has 0 saturated heterocycles. The van der Waals surface area contributed by atoms with Gasteiger partial charge in [-0.25, -0.2) is 4.98 Å². The van der Waals surface area contributed by atoms with E-state index in [-0.39, 0.29) is 12.5 Å². The molecular formula is C19H20N8O. The van der Waals surface area contributed by atoms with Crippen molar-refractivity contribution >= 4 is 11.7 Å². The second kappa shape index (κ2) is 7.87. The fourth-order valence-electron chi connectivity index (χ4n) is 2.93. The number of anilines is 1. The monoisotopic (exact) mass is 376 g/mol. The smallest absolute Gasteiger partial charge is 0.247 e. The molecular weight excluding hydrogens is 356 g/mol. The molecule has 0 spiro atoms. The first kappa shape index (κ1) is 17.7. The van der Waals surface area contributed by atoms with Crippen LogP contribution in [0.3, 0.4) is 0 Å². The highest BCUT2D eigenvalue weighted by Crippen LogP contribution is 2.28. The number of rotatable bonds is 7. The van der Waals surface area contributed by atoms with Crippen LogP contribution in [-0.2, 0) is 17.9 Å². The van der Waals surface area contributed by atoms with Gasteiger partial charge in [0.05, 0.1) is 30.1 Å². The van der Waals surface area contributed by atoms with Crippen LogP contribution in [0.2, 0.25) is 0 Å². The summed E-state index contributed by atoms with van der Waals surface area (Å²) in [6.07, 6.45) is 7.82. The van der Waals surface area contributed by atoms with Gasteiger partial charge in [-0.15, -0.1) is 5.10 Å². The summed E-state index contributed by atoms with van der Waals surface area (Å²) in [5.74, 6) is 0.216. The Morgan fingerprint density at radius 1 is 1.14 bits per heavy atom. The Morgan fingerprint density at radius 3 is 2.82 bits per heavy atom. The molecule has 0 unspecified atom stereocenters. The molecule has 0 radical (unpaired) electrons. The maximum Gasteiger partial charge on any atom is 0.247 e. The number of carbonyl (C=O) groups is 1. The number of amides is 1. The van der Waals surface area contributed by atoms with E-state index in [1.165, 1.54) is 0 Å². The van der Waals surface area contributed by atoms with Crippen molar-refractivity contribution in [2.75, 3.05) is 5.32 Å². The van der Waals surface area contributed by atoms with Crippen LogP contribution in [-0.4, -0.2) is 40.6 Å². The summed E-state index contributed by atoms with van der Waals surface area (Å²) >= 11 is 0. The summed E-state index contributed by atoms with van der Waals surface area (Å²) in [7, 11) is 0. The summed E-state index contributed by atoms with van der Waals surface area (Å²) in [4.78, 5) is 19.8. The fourth-order valence-corrected chi connectivity index (χ4v) is 2.93. The number of imidazole rings is 1. The second-order valence-electron chi connectivity index (χ2n) is 6.33. The van der Waals surface area contributed by atoms with Crippen molar-refractivity contribution in [3.8, 4) is 22.5 Å². The summed E-state index contributed by atoms with van der Waals surface area (Å²) in [5, 5.41) is 14.9. The molecule has 28 heavy (non-hydrogen) atoms. The summed E-state index contributed by atoms with van der Waals surface area (Å²) in [5.41, 5.74) is 3.58. The van der Waals surface area contributed by atoms with Gasteiger partial charge in [-0.3, -0.25) is 14.2 Å². The van der Waals surface area contributed by atoms with E-state index in [4.69, 9.17) is 0 Å². The maximum atomic E-state index is 12.3. The van der Waals surface area contributed by atoms with E-state index in [0.717, 1.165) is 35.5 Å².